The van der Waals surface area contributed by atoms with Gasteiger partial charge in [0.1, 0.15) is 27.9 Å². The summed E-state index contributed by atoms with van der Waals surface area (Å²) in [7, 11) is -2.99. The predicted octanol–water partition coefficient (Wildman–Crippen LogP) is 5.17. The molecule has 2 atom stereocenters. The van der Waals surface area contributed by atoms with E-state index in [0.29, 0.717) is 32.6 Å². The van der Waals surface area contributed by atoms with Gasteiger partial charge in [0.2, 0.25) is 0 Å². The number of rotatable bonds is 10. The number of hydrogen-bond acceptors (Lipinski definition) is 6. The number of para-hydroxylation sites is 1. The molecule has 0 bridgehead atoms. The van der Waals surface area contributed by atoms with E-state index in [-0.39, 0.29) is 17.6 Å². The van der Waals surface area contributed by atoms with E-state index in [4.69, 9.17) is 14.6 Å². The molecular formula is C29H31NO6S. The summed E-state index contributed by atoms with van der Waals surface area (Å²) in [5.74, 6) is 0.861. The van der Waals surface area contributed by atoms with Crippen molar-refractivity contribution in [1.82, 2.24) is 0 Å². The Labute approximate surface area is 217 Å². The fourth-order valence-electron chi connectivity index (χ4n) is 5.04. The molecule has 2 N–H and O–H groups in total. The minimum atomic E-state index is -2.99. The average molecular weight is 522 g/mol. The summed E-state index contributed by atoms with van der Waals surface area (Å²) in [6.45, 7) is 3.43. The van der Waals surface area contributed by atoms with E-state index in [0.717, 1.165) is 50.6 Å². The van der Waals surface area contributed by atoms with Gasteiger partial charge in [0.25, 0.3) is 0 Å². The molecule has 5 rings (SSSR count). The lowest BCUT2D eigenvalue weighted by Gasteiger charge is -2.25. The molecule has 1 aliphatic carbocycles. The molecule has 1 heterocycles. The van der Waals surface area contributed by atoms with Gasteiger partial charge in [-0.3, -0.25) is 4.79 Å². The molecule has 0 radical (unpaired) electrons. The van der Waals surface area contributed by atoms with Gasteiger partial charge in [-0.15, -0.1) is 0 Å². The smallest absolute Gasteiger partial charge is 0.307 e. The number of sulfone groups is 1. The molecule has 1 fully saturated rings. The monoisotopic (exact) mass is 521 g/mol. The zero-order valence-corrected chi connectivity index (χ0v) is 21.8. The number of aryl methyl sites for hydroxylation is 1. The van der Waals surface area contributed by atoms with Gasteiger partial charge in [-0.2, -0.15) is 0 Å². The van der Waals surface area contributed by atoms with Crippen LogP contribution in [0, 0.1) is 12.8 Å². The zero-order chi connectivity index (χ0) is 26.2. The van der Waals surface area contributed by atoms with Gasteiger partial charge in [0.15, 0.2) is 0 Å². The Kier molecular flexibility index (Phi) is 6.86. The Balaban J connectivity index is 1.27. The molecule has 0 aromatic heterocycles. The lowest BCUT2D eigenvalue weighted by Crippen LogP contribution is -2.12. The summed E-state index contributed by atoms with van der Waals surface area (Å²) in [6.07, 6.45) is 2.40. The fraction of sp³-hybridized carbons (Fsp3) is 0.345. The van der Waals surface area contributed by atoms with Crippen molar-refractivity contribution in [2.45, 2.75) is 38.8 Å². The maximum atomic E-state index is 11.3. The minimum absolute atomic E-state index is 0.111. The van der Waals surface area contributed by atoms with Crippen molar-refractivity contribution in [2.24, 2.45) is 5.92 Å². The Bertz CT molecular complexity index is 1430. The van der Waals surface area contributed by atoms with Crippen LogP contribution in [0.4, 0.5) is 5.69 Å². The number of benzene rings is 3. The molecular weight excluding hydrogens is 490 g/mol. The Morgan fingerprint density at radius 2 is 1.95 bits per heavy atom. The van der Waals surface area contributed by atoms with E-state index in [1.807, 2.05) is 42.5 Å². The van der Waals surface area contributed by atoms with Crippen LogP contribution < -0.4 is 14.8 Å². The summed E-state index contributed by atoms with van der Waals surface area (Å²) < 4.78 is 34.7. The third-order valence-electron chi connectivity index (χ3n) is 6.99. The fourth-order valence-corrected chi connectivity index (χ4v) is 5.68. The number of fused-ring (bicyclic) bond motifs is 3. The SMILES string of the molecule is Cc1cc(OCCCS(C)(=O)=O)cc2c1-c1cccc(CNc3ccc([C@@H]4CC4C(=O)O)cc3)c1OC2. The van der Waals surface area contributed by atoms with Crippen LogP contribution in [-0.4, -0.2) is 38.1 Å². The first kappa shape index (κ1) is 25.1. The van der Waals surface area contributed by atoms with Crippen LogP contribution in [0.1, 0.15) is 41.0 Å². The third kappa shape index (κ3) is 5.74. The van der Waals surface area contributed by atoms with Gasteiger partial charge in [0, 0.05) is 35.2 Å². The Hall–Kier alpha value is -3.52. The van der Waals surface area contributed by atoms with E-state index >= 15 is 0 Å². The first-order chi connectivity index (χ1) is 17.7. The largest absolute Gasteiger partial charge is 0.494 e. The molecule has 0 spiro atoms. The van der Waals surface area contributed by atoms with Crippen molar-refractivity contribution < 1.29 is 27.8 Å². The lowest BCUT2D eigenvalue weighted by molar-refractivity contribution is -0.138. The first-order valence-electron chi connectivity index (χ1n) is 12.5. The number of carbonyl (C=O) groups is 1. The van der Waals surface area contributed by atoms with Crippen LogP contribution >= 0.6 is 0 Å². The topological polar surface area (TPSA) is 102 Å². The average Bonchev–Trinajstić information content (AvgIpc) is 3.66. The molecule has 194 valence electrons. The lowest BCUT2D eigenvalue weighted by atomic mass is 9.91. The highest BCUT2D eigenvalue weighted by Gasteiger charge is 2.44. The van der Waals surface area contributed by atoms with Crippen molar-refractivity contribution in [3.05, 3.63) is 76.9 Å². The molecule has 37 heavy (non-hydrogen) atoms. The summed E-state index contributed by atoms with van der Waals surface area (Å²) in [5.41, 5.74) is 7.43. The second kappa shape index (κ2) is 10.1. The van der Waals surface area contributed by atoms with Crippen molar-refractivity contribution in [2.75, 3.05) is 23.9 Å². The summed E-state index contributed by atoms with van der Waals surface area (Å²) >= 11 is 0. The van der Waals surface area contributed by atoms with E-state index in [1.54, 1.807) is 0 Å². The van der Waals surface area contributed by atoms with Crippen LogP contribution in [0.25, 0.3) is 11.1 Å². The molecule has 0 amide bonds. The number of nitrogens with one attached hydrogen (secondary N) is 1. The van der Waals surface area contributed by atoms with Crippen molar-refractivity contribution in [3.63, 3.8) is 0 Å². The molecule has 0 saturated heterocycles. The van der Waals surface area contributed by atoms with Gasteiger partial charge in [-0.25, -0.2) is 8.42 Å². The Morgan fingerprint density at radius 3 is 2.65 bits per heavy atom. The molecule has 3 aromatic rings. The van der Waals surface area contributed by atoms with Crippen molar-refractivity contribution >= 4 is 21.5 Å². The summed E-state index contributed by atoms with van der Waals surface area (Å²) in [6, 6.07) is 18.1. The van der Waals surface area contributed by atoms with E-state index in [1.165, 1.54) is 6.26 Å². The minimum Gasteiger partial charge on any atom is -0.494 e. The molecule has 2 aliphatic rings. The predicted molar refractivity (Wildman–Crippen MR) is 143 cm³/mol. The highest BCUT2D eigenvalue weighted by molar-refractivity contribution is 7.90. The van der Waals surface area contributed by atoms with Crippen LogP contribution in [-0.2, 0) is 27.8 Å². The zero-order valence-electron chi connectivity index (χ0n) is 21.0. The summed E-state index contributed by atoms with van der Waals surface area (Å²) in [4.78, 5) is 11.1. The standard InChI is InChI=1S/C29H31NO6S/c1-18-13-23(35-11-4-12-37(2,33)34)14-21-17-36-28-20(5-3-6-24(28)27(18)21)16-30-22-9-7-19(8-10-22)25-15-26(25)29(31)32/h3,5-10,13-14,25-26,30H,4,11-12,15-17H2,1-2H3,(H,31,32)/t25-,26?/m0/s1. The van der Waals surface area contributed by atoms with E-state index < -0.39 is 15.8 Å². The maximum absolute atomic E-state index is 11.3. The van der Waals surface area contributed by atoms with Gasteiger partial charge in [0.05, 0.1) is 18.3 Å². The van der Waals surface area contributed by atoms with Gasteiger partial charge >= 0.3 is 5.97 Å². The maximum Gasteiger partial charge on any atom is 0.307 e. The highest BCUT2D eigenvalue weighted by Crippen LogP contribution is 2.48. The molecule has 1 saturated carbocycles. The molecule has 3 aromatic carbocycles. The number of carboxylic acid groups (broad SMARTS) is 1. The van der Waals surface area contributed by atoms with Crippen LogP contribution in [0.3, 0.4) is 0 Å². The molecule has 1 unspecified atom stereocenters. The van der Waals surface area contributed by atoms with Crippen LogP contribution in [0.15, 0.2) is 54.6 Å². The normalized spacial score (nSPS) is 17.8. The Morgan fingerprint density at radius 1 is 1.16 bits per heavy atom. The van der Waals surface area contributed by atoms with Crippen LogP contribution in [0.2, 0.25) is 0 Å². The second-order valence-corrected chi connectivity index (χ2v) is 12.2. The molecule has 7 nitrogen and oxygen atoms in total. The number of ether oxygens (including phenoxy) is 2. The summed E-state index contributed by atoms with van der Waals surface area (Å²) in [5, 5.41) is 12.6. The first-order valence-corrected chi connectivity index (χ1v) is 14.5. The van der Waals surface area contributed by atoms with Crippen molar-refractivity contribution in [3.8, 4) is 22.6 Å². The molecule has 1 aliphatic heterocycles. The van der Waals surface area contributed by atoms with E-state index in [9.17, 15) is 13.2 Å². The van der Waals surface area contributed by atoms with Gasteiger partial charge in [-0.05, 0) is 66.6 Å². The number of anilines is 1. The van der Waals surface area contributed by atoms with Gasteiger partial charge in [-0.1, -0.05) is 30.3 Å². The third-order valence-corrected chi connectivity index (χ3v) is 8.02. The van der Waals surface area contributed by atoms with Crippen LogP contribution in [0.5, 0.6) is 11.5 Å². The number of hydrogen-bond donors (Lipinski definition) is 2. The van der Waals surface area contributed by atoms with E-state index in [2.05, 4.69) is 24.4 Å². The van der Waals surface area contributed by atoms with Gasteiger partial charge < -0.3 is 19.9 Å². The number of aliphatic carboxylic acids is 1. The van der Waals surface area contributed by atoms with Crippen molar-refractivity contribution in [1.29, 1.82) is 0 Å². The highest BCUT2D eigenvalue weighted by atomic mass is 32.2. The quantitative estimate of drug-likeness (QED) is 0.355. The second-order valence-electron chi connectivity index (χ2n) is 9.95. The molecule has 8 heteroatoms. The number of carboxylic acids is 1.